The van der Waals surface area contributed by atoms with Gasteiger partial charge in [-0.1, -0.05) is 31.2 Å². The molecule has 3 aromatic carbocycles. The number of amides is 2. The van der Waals surface area contributed by atoms with Crippen LogP contribution in [-0.2, 0) is 9.59 Å². The van der Waals surface area contributed by atoms with Crippen molar-refractivity contribution in [2.45, 2.75) is 13.3 Å². The molecule has 1 heterocycles. The molecule has 0 saturated heterocycles. The lowest BCUT2D eigenvalue weighted by atomic mass is 10.0. The van der Waals surface area contributed by atoms with Gasteiger partial charge in [0.15, 0.2) is 0 Å². The van der Waals surface area contributed by atoms with Crippen LogP contribution in [0.15, 0.2) is 72.4 Å². The van der Waals surface area contributed by atoms with E-state index in [9.17, 15) is 18.4 Å². The Hall–Kier alpha value is -4.20. The first-order valence-electron chi connectivity index (χ1n) is 10.7. The van der Waals surface area contributed by atoms with Gasteiger partial charge in [-0.3, -0.25) is 9.59 Å². The first-order chi connectivity index (χ1) is 16.4. The van der Waals surface area contributed by atoms with Gasteiger partial charge in [-0.05, 0) is 36.8 Å². The fourth-order valence-electron chi connectivity index (χ4n) is 3.66. The second kappa shape index (κ2) is 9.74. The molecule has 6 nitrogen and oxygen atoms in total. The van der Waals surface area contributed by atoms with Crippen molar-refractivity contribution in [2.24, 2.45) is 0 Å². The summed E-state index contributed by atoms with van der Waals surface area (Å²) in [5, 5.41) is 3.00. The fourth-order valence-corrected chi connectivity index (χ4v) is 3.66. The van der Waals surface area contributed by atoms with E-state index in [2.05, 4.69) is 5.32 Å². The number of halogens is 2. The monoisotopic (exact) mass is 464 g/mol. The van der Waals surface area contributed by atoms with Crippen molar-refractivity contribution in [2.75, 3.05) is 23.9 Å². The molecule has 4 rings (SSSR count). The third-order valence-electron chi connectivity index (χ3n) is 5.19. The molecule has 3 aromatic rings. The number of benzene rings is 3. The number of rotatable bonds is 8. The van der Waals surface area contributed by atoms with Crippen LogP contribution in [0.2, 0.25) is 0 Å². The highest BCUT2D eigenvalue weighted by molar-refractivity contribution is 6.46. The second-order valence-corrected chi connectivity index (χ2v) is 7.49. The average molecular weight is 464 g/mol. The Kier molecular flexibility index (Phi) is 6.58. The largest absolute Gasteiger partial charge is 0.496 e. The molecule has 1 aliphatic rings. The highest BCUT2D eigenvalue weighted by Gasteiger charge is 2.42. The number of nitrogens with zero attached hydrogens (tertiary/aromatic N) is 1. The number of hydrogen-bond donors (Lipinski definition) is 1. The van der Waals surface area contributed by atoms with Gasteiger partial charge in [0.2, 0.25) is 0 Å². The maximum absolute atomic E-state index is 14.6. The zero-order valence-corrected chi connectivity index (χ0v) is 18.6. The average Bonchev–Trinajstić information content (AvgIpc) is 3.07. The van der Waals surface area contributed by atoms with E-state index in [0.29, 0.717) is 40.3 Å². The van der Waals surface area contributed by atoms with E-state index in [1.807, 2.05) is 6.92 Å². The van der Waals surface area contributed by atoms with Crippen LogP contribution in [0.5, 0.6) is 11.5 Å². The molecule has 1 aliphatic heterocycles. The predicted octanol–water partition coefficient (Wildman–Crippen LogP) is 5.16. The van der Waals surface area contributed by atoms with E-state index in [4.69, 9.17) is 9.47 Å². The second-order valence-electron chi connectivity index (χ2n) is 7.49. The molecule has 1 N–H and O–H groups in total. The number of hydrogen-bond acceptors (Lipinski definition) is 5. The van der Waals surface area contributed by atoms with Gasteiger partial charge in [-0.2, -0.15) is 0 Å². The molecule has 2 amide bonds. The van der Waals surface area contributed by atoms with Gasteiger partial charge >= 0.3 is 0 Å². The molecule has 0 saturated carbocycles. The minimum Gasteiger partial charge on any atom is -0.496 e. The summed E-state index contributed by atoms with van der Waals surface area (Å²) in [6.45, 7) is 2.51. The normalized spacial score (nSPS) is 13.5. The third-order valence-corrected chi connectivity index (χ3v) is 5.19. The summed E-state index contributed by atoms with van der Waals surface area (Å²) in [5.41, 5.74) is 0.449. The van der Waals surface area contributed by atoms with Gasteiger partial charge in [0.05, 0.1) is 25.0 Å². The van der Waals surface area contributed by atoms with Crippen LogP contribution in [0.3, 0.4) is 0 Å². The van der Waals surface area contributed by atoms with Gasteiger partial charge in [0.25, 0.3) is 11.8 Å². The molecule has 0 aliphatic carbocycles. The number of anilines is 2. The molecule has 0 fully saturated rings. The van der Waals surface area contributed by atoms with E-state index < -0.39 is 23.4 Å². The van der Waals surface area contributed by atoms with Crippen LogP contribution in [0.25, 0.3) is 5.57 Å². The first kappa shape index (κ1) is 23.0. The van der Waals surface area contributed by atoms with Gasteiger partial charge < -0.3 is 14.8 Å². The zero-order valence-electron chi connectivity index (χ0n) is 18.6. The fraction of sp³-hybridized carbons (Fsp3) is 0.154. The first-order valence-corrected chi connectivity index (χ1v) is 10.7. The topological polar surface area (TPSA) is 67.9 Å². The lowest BCUT2D eigenvalue weighted by Crippen LogP contribution is -2.33. The van der Waals surface area contributed by atoms with Crippen LogP contribution in [0.4, 0.5) is 20.2 Å². The van der Waals surface area contributed by atoms with E-state index in [0.717, 1.165) is 18.6 Å². The highest BCUT2D eigenvalue weighted by atomic mass is 19.1. The number of methoxy groups -OCH3 is 1. The van der Waals surface area contributed by atoms with Crippen molar-refractivity contribution in [3.63, 3.8) is 0 Å². The van der Waals surface area contributed by atoms with Gasteiger partial charge in [0.1, 0.15) is 28.8 Å². The van der Waals surface area contributed by atoms with Crippen molar-refractivity contribution < 1.29 is 27.8 Å². The Bertz CT molecular complexity index is 1290. The lowest BCUT2D eigenvalue weighted by molar-refractivity contribution is -0.120. The summed E-state index contributed by atoms with van der Waals surface area (Å²) in [4.78, 5) is 27.6. The summed E-state index contributed by atoms with van der Waals surface area (Å²) in [6, 6.07) is 16.3. The number of nitrogens with one attached hydrogen (secondary N) is 1. The number of carbonyl (C=O) groups excluding carboxylic acids is 2. The van der Waals surface area contributed by atoms with Gasteiger partial charge in [-0.15, -0.1) is 0 Å². The summed E-state index contributed by atoms with van der Waals surface area (Å²) < 4.78 is 39.1. The van der Waals surface area contributed by atoms with E-state index in [1.165, 1.54) is 7.11 Å². The Balaban J connectivity index is 1.82. The Labute approximate surface area is 195 Å². The van der Waals surface area contributed by atoms with Crippen LogP contribution in [0.1, 0.15) is 18.9 Å². The van der Waals surface area contributed by atoms with Crippen molar-refractivity contribution in [1.82, 2.24) is 0 Å². The lowest BCUT2D eigenvalue weighted by Gasteiger charge is -2.16. The molecular weight excluding hydrogens is 442 g/mol. The van der Waals surface area contributed by atoms with Gasteiger partial charge in [0, 0.05) is 23.4 Å². The SMILES string of the molecule is CCCOc1cccc(NC2=C(c3ccccc3OC)C(=O)N(c3ccc(F)cc3F)C2=O)c1. The highest BCUT2D eigenvalue weighted by Crippen LogP contribution is 2.38. The number of carbonyl (C=O) groups is 2. The summed E-state index contributed by atoms with van der Waals surface area (Å²) in [5.74, 6) is -2.45. The molecule has 0 aromatic heterocycles. The molecule has 0 radical (unpaired) electrons. The van der Waals surface area contributed by atoms with Crippen LogP contribution in [0, 0.1) is 11.6 Å². The standard InChI is InChI=1S/C26H22F2N2O4/c1-3-13-34-18-8-6-7-17(15-18)29-24-23(19-9-4-5-10-22(19)33-2)25(31)30(26(24)32)21-12-11-16(27)14-20(21)28/h4-12,14-15,29H,3,13H2,1-2H3. The Morgan fingerprint density at radius 3 is 2.47 bits per heavy atom. The Morgan fingerprint density at radius 2 is 1.74 bits per heavy atom. The maximum atomic E-state index is 14.6. The van der Waals surface area contributed by atoms with Crippen LogP contribution < -0.4 is 19.7 Å². The molecule has 174 valence electrons. The van der Waals surface area contributed by atoms with Crippen molar-refractivity contribution in [1.29, 1.82) is 0 Å². The number of ether oxygens (including phenoxy) is 2. The van der Waals surface area contributed by atoms with Crippen molar-refractivity contribution in [3.05, 3.63) is 89.6 Å². The molecule has 0 unspecified atom stereocenters. The van der Waals surface area contributed by atoms with E-state index >= 15 is 0 Å². The maximum Gasteiger partial charge on any atom is 0.282 e. The van der Waals surface area contributed by atoms with Crippen LogP contribution in [-0.4, -0.2) is 25.5 Å². The molecule has 0 bridgehead atoms. The van der Waals surface area contributed by atoms with Crippen LogP contribution >= 0.6 is 0 Å². The summed E-state index contributed by atoms with van der Waals surface area (Å²) >= 11 is 0. The summed E-state index contributed by atoms with van der Waals surface area (Å²) in [7, 11) is 1.44. The molecule has 8 heteroatoms. The molecule has 0 atom stereocenters. The molecule has 0 spiro atoms. The Morgan fingerprint density at radius 1 is 0.941 bits per heavy atom. The summed E-state index contributed by atoms with van der Waals surface area (Å²) in [6.07, 6.45) is 0.825. The van der Waals surface area contributed by atoms with E-state index in [1.54, 1.807) is 48.5 Å². The quantitative estimate of drug-likeness (QED) is 0.467. The smallest absolute Gasteiger partial charge is 0.282 e. The number of para-hydroxylation sites is 1. The third kappa shape index (κ3) is 4.34. The van der Waals surface area contributed by atoms with Crippen molar-refractivity contribution in [3.8, 4) is 11.5 Å². The molecular formula is C26H22F2N2O4. The van der Waals surface area contributed by atoms with Crippen molar-refractivity contribution >= 4 is 28.8 Å². The predicted molar refractivity (Wildman–Crippen MR) is 125 cm³/mol. The minimum absolute atomic E-state index is 0.00561. The van der Waals surface area contributed by atoms with E-state index in [-0.39, 0.29) is 17.0 Å². The number of imide groups is 1. The van der Waals surface area contributed by atoms with Gasteiger partial charge in [-0.25, -0.2) is 13.7 Å². The minimum atomic E-state index is -1.03. The zero-order chi connectivity index (χ0) is 24.2. The molecule has 34 heavy (non-hydrogen) atoms.